The Bertz CT molecular complexity index is 2040. The van der Waals surface area contributed by atoms with Crippen LogP contribution in [-0.2, 0) is 5.54 Å². The van der Waals surface area contributed by atoms with Gasteiger partial charge in [-0.1, -0.05) is 54.1 Å². The first kappa shape index (κ1) is 29.1. The largest absolute Gasteiger partial charge is 0.496 e. The van der Waals surface area contributed by atoms with Crippen LogP contribution in [0.2, 0.25) is 5.02 Å². The normalized spacial score (nSPS) is 16.1. The van der Waals surface area contributed by atoms with Gasteiger partial charge in [0.15, 0.2) is 0 Å². The summed E-state index contributed by atoms with van der Waals surface area (Å²) in [5, 5.41) is 6.61. The van der Waals surface area contributed by atoms with Gasteiger partial charge in [-0.05, 0) is 61.5 Å². The lowest BCUT2D eigenvalue weighted by atomic mass is 9.75. The number of hydrogen-bond donors (Lipinski definition) is 0. The van der Waals surface area contributed by atoms with Gasteiger partial charge in [0, 0.05) is 39.9 Å². The zero-order valence-electron chi connectivity index (χ0n) is 24.9. The summed E-state index contributed by atoms with van der Waals surface area (Å²) in [5.41, 5.74) is 2.26. The molecule has 5 aromatic carbocycles. The molecule has 0 bridgehead atoms. The maximum atomic E-state index is 14.3. The Balaban J connectivity index is 1.43. The summed E-state index contributed by atoms with van der Waals surface area (Å²) in [6.45, 7) is 2.36. The maximum absolute atomic E-state index is 14.3. The topological polar surface area (TPSA) is 86.7 Å². The van der Waals surface area contributed by atoms with Gasteiger partial charge >= 0.3 is 5.97 Å². The molecule has 228 valence electrons. The van der Waals surface area contributed by atoms with Crippen molar-refractivity contribution in [3.63, 3.8) is 0 Å². The van der Waals surface area contributed by atoms with Crippen molar-refractivity contribution in [3.05, 3.63) is 148 Å². The van der Waals surface area contributed by atoms with E-state index < -0.39 is 11.5 Å². The highest BCUT2D eigenvalue weighted by Gasteiger charge is 2.57. The first-order valence-corrected chi connectivity index (χ1v) is 15.0. The van der Waals surface area contributed by atoms with Crippen molar-refractivity contribution in [2.75, 3.05) is 13.7 Å². The van der Waals surface area contributed by atoms with Crippen molar-refractivity contribution < 1.29 is 28.5 Å². The average Bonchev–Trinajstić information content (AvgIpc) is 3.31. The predicted molar refractivity (Wildman–Crippen MR) is 174 cm³/mol. The van der Waals surface area contributed by atoms with Crippen molar-refractivity contribution in [1.29, 1.82) is 0 Å². The number of halogens is 1. The highest BCUT2D eigenvalue weighted by molar-refractivity contribution is 6.33. The SMILES string of the molecule is CCOc1ccc2c(c1)Oc1cc(OC(=O)c3ccccc3Cl)ccc1C21c2ccccc2C(=O)N1/N=C/c1ccccc1OC. The molecular formula is C37H27ClN2O6. The number of hydrogen-bond acceptors (Lipinski definition) is 7. The third-order valence-corrected chi connectivity index (χ3v) is 8.36. The Hall–Kier alpha value is -5.60. The molecule has 0 fully saturated rings. The number of fused-ring (bicyclic) bond motifs is 6. The van der Waals surface area contributed by atoms with Gasteiger partial charge in [0.25, 0.3) is 5.91 Å². The molecule has 0 radical (unpaired) electrons. The van der Waals surface area contributed by atoms with E-state index >= 15 is 0 Å². The van der Waals surface area contributed by atoms with Crippen molar-refractivity contribution in [1.82, 2.24) is 5.01 Å². The lowest BCUT2D eigenvalue weighted by Gasteiger charge is -2.41. The Morgan fingerprint density at radius 3 is 2.30 bits per heavy atom. The molecule has 1 spiro atoms. The first-order valence-electron chi connectivity index (χ1n) is 14.6. The number of ether oxygens (including phenoxy) is 4. The molecule has 0 N–H and O–H groups in total. The van der Waals surface area contributed by atoms with Gasteiger partial charge in [0.05, 0.1) is 30.5 Å². The Kier molecular flexibility index (Phi) is 7.42. The van der Waals surface area contributed by atoms with Crippen LogP contribution in [-0.4, -0.2) is 36.8 Å². The fraction of sp³-hybridized carbons (Fsp3) is 0.108. The van der Waals surface area contributed by atoms with Crippen LogP contribution in [0.5, 0.6) is 28.7 Å². The number of rotatable bonds is 7. The van der Waals surface area contributed by atoms with Gasteiger partial charge in [-0.15, -0.1) is 0 Å². The van der Waals surface area contributed by atoms with E-state index in [1.165, 1.54) is 5.01 Å². The molecule has 5 aromatic rings. The second-order valence-electron chi connectivity index (χ2n) is 10.6. The molecule has 7 rings (SSSR count). The van der Waals surface area contributed by atoms with Crippen LogP contribution in [0.1, 0.15) is 49.9 Å². The van der Waals surface area contributed by atoms with E-state index in [9.17, 15) is 9.59 Å². The van der Waals surface area contributed by atoms with Gasteiger partial charge in [-0.2, -0.15) is 5.10 Å². The molecule has 0 aliphatic carbocycles. The summed E-state index contributed by atoms with van der Waals surface area (Å²) in [7, 11) is 1.59. The smallest absolute Gasteiger partial charge is 0.345 e. The predicted octanol–water partition coefficient (Wildman–Crippen LogP) is 7.85. The van der Waals surface area contributed by atoms with E-state index in [0.29, 0.717) is 51.9 Å². The molecule has 2 aliphatic rings. The molecule has 0 saturated carbocycles. The average molecular weight is 631 g/mol. The van der Waals surface area contributed by atoms with Gasteiger partial charge in [-0.25, -0.2) is 9.80 Å². The molecule has 0 aromatic heterocycles. The van der Waals surface area contributed by atoms with E-state index in [0.717, 1.165) is 5.56 Å². The number of carbonyl (C=O) groups excluding carboxylic acids is 2. The van der Waals surface area contributed by atoms with E-state index in [-0.39, 0.29) is 22.2 Å². The van der Waals surface area contributed by atoms with Crippen LogP contribution < -0.4 is 18.9 Å². The third kappa shape index (κ3) is 4.66. The molecule has 8 nitrogen and oxygen atoms in total. The third-order valence-electron chi connectivity index (χ3n) is 8.03. The van der Waals surface area contributed by atoms with Crippen LogP contribution in [0, 0.1) is 0 Å². The molecular weight excluding hydrogens is 604 g/mol. The molecule has 0 saturated heterocycles. The van der Waals surface area contributed by atoms with Crippen molar-refractivity contribution in [3.8, 4) is 28.7 Å². The zero-order valence-corrected chi connectivity index (χ0v) is 25.7. The van der Waals surface area contributed by atoms with E-state index in [1.807, 2.05) is 61.5 Å². The second-order valence-corrected chi connectivity index (χ2v) is 11.0. The van der Waals surface area contributed by atoms with Gasteiger partial charge in [0.1, 0.15) is 34.3 Å². The summed E-state index contributed by atoms with van der Waals surface area (Å²) in [4.78, 5) is 27.3. The minimum atomic E-state index is -1.23. The summed E-state index contributed by atoms with van der Waals surface area (Å²) in [5.74, 6) is 1.40. The molecule has 46 heavy (non-hydrogen) atoms. The minimum Gasteiger partial charge on any atom is -0.496 e. The van der Waals surface area contributed by atoms with Crippen LogP contribution in [0.4, 0.5) is 0 Å². The Labute approximate surface area is 270 Å². The fourth-order valence-electron chi connectivity index (χ4n) is 6.06. The van der Waals surface area contributed by atoms with E-state index in [4.69, 9.17) is 35.6 Å². The van der Waals surface area contributed by atoms with Gasteiger partial charge < -0.3 is 18.9 Å². The summed E-state index contributed by atoms with van der Waals surface area (Å²) >= 11 is 6.25. The number of benzene rings is 5. The highest BCUT2D eigenvalue weighted by atomic mass is 35.5. The number of carbonyl (C=O) groups is 2. The number of esters is 1. The van der Waals surface area contributed by atoms with E-state index in [1.54, 1.807) is 67.9 Å². The molecule has 2 heterocycles. The molecule has 2 aliphatic heterocycles. The number of para-hydroxylation sites is 1. The summed E-state index contributed by atoms with van der Waals surface area (Å²) in [6.07, 6.45) is 1.62. The number of nitrogens with zero attached hydrogens (tertiary/aromatic N) is 2. The fourth-order valence-corrected chi connectivity index (χ4v) is 6.27. The van der Waals surface area contributed by atoms with Crippen LogP contribution in [0.25, 0.3) is 0 Å². The van der Waals surface area contributed by atoms with E-state index in [2.05, 4.69) is 0 Å². The van der Waals surface area contributed by atoms with Crippen LogP contribution in [0.15, 0.2) is 114 Å². The van der Waals surface area contributed by atoms with Crippen molar-refractivity contribution >= 4 is 29.7 Å². The zero-order chi connectivity index (χ0) is 31.8. The molecule has 1 amide bonds. The maximum Gasteiger partial charge on any atom is 0.345 e. The lowest BCUT2D eigenvalue weighted by Crippen LogP contribution is -2.44. The van der Waals surface area contributed by atoms with Crippen LogP contribution >= 0.6 is 11.6 Å². The highest BCUT2D eigenvalue weighted by Crippen LogP contribution is 2.58. The van der Waals surface area contributed by atoms with Gasteiger partial charge in [-0.3, -0.25) is 4.79 Å². The number of methoxy groups -OCH3 is 1. The lowest BCUT2D eigenvalue weighted by molar-refractivity contribution is 0.0675. The summed E-state index contributed by atoms with van der Waals surface area (Å²) in [6, 6.07) is 32.2. The second kappa shape index (κ2) is 11.7. The summed E-state index contributed by atoms with van der Waals surface area (Å²) < 4.78 is 23.6. The molecule has 1 atom stereocenters. The Morgan fingerprint density at radius 1 is 0.870 bits per heavy atom. The standard InChI is InChI=1S/C37H27ClN2O6/c1-3-44-24-16-18-29-33(20-24)46-34-21-25(45-36(42)27-12-6-8-14-31(27)38)17-19-30(34)37(29)28-13-7-5-11-26(28)35(41)40(37)39-22-23-10-4-9-15-32(23)43-2/h4-22H,3H2,1-2H3/b39-22+. The Morgan fingerprint density at radius 2 is 1.54 bits per heavy atom. The molecule has 9 heteroatoms. The monoisotopic (exact) mass is 630 g/mol. The number of hydrazone groups is 1. The minimum absolute atomic E-state index is 0.234. The number of amides is 1. The van der Waals surface area contributed by atoms with Crippen molar-refractivity contribution in [2.45, 2.75) is 12.5 Å². The quantitative estimate of drug-likeness (QED) is 0.103. The first-order chi connectivity index (χ1) is 22.4. The van der Waals surface area contributed by atoms with Crippen LogP contribution in [0.3, 0.4) is 0 Å². The van der Waals surface area contributed by atoms with Crippen molar-refractivity contribution in [2.24, 2.45) is 5.10 Å². The molecule has 1 unspecified atom stereocenters. The van der Waals surface area contributed by atoms with Gasteiger partial charge in [0.2, 0.25) is 0 Å².